The molecule has 1 saturated heterocycles. The Morgan fingerprint density at radius 3 is 2.90 bits per heavy atom. The molecule has 0 aromatic carbocycles. The van der Waals surface area contributed by atoms with Gasteiger partial charge in [0.15, 0.2) is 0 Å². The lowest BCUT2D eigenvalue weighted by Gasteiger charge is -2.45. The van der Waals surface area contributed by atoms with Crippen molar-refractivity contribution < 1.29 is 0 Å². The second-order valence-corrected chi connectivity index (χ2v) is 6.48. The van der Waals surface area contributed by atoms with Crippen LogP contribution in [0.1, 0.15) is 44.2 Å². The van der Waals surface area contributed by atoms with Crippen molar-refractivity contribution in [3.8, 4) is 0 Å². The minimum atomic E-state index is 0.702. The summed E-state index contributed by atoms with van der Waals surface area (Å²) in [6.45, 7) is 1.88. The molecule has 110 valence electrons. The third kappa shape index (κ3) is 2.79. The minimum Gasteiger partial charge on any atom is -0.353 e. The highest BCUT2D eigenvalue weighted by Gasteiger charge is 2.33. The fraction of sp³-hybridized carbons (Fsp3) is 0.688. The molecule has 2 fully saturated rings. The third-order valence-corrected chi connectivity index (χ3v) is 5.13. The van der Waals surface area contributed by atoms with Gasteiger partial charge in [0.25, 0.3) is 0 Å². The standard InChI is InChI=1S/C16H24ClN3/c1-18-11-14-13(17)8-9-16(19-14)20-10-4-6-12-5-2-3-7-15(12)20/h8-9,12,15,18H,2-7,10-11H2,1H3/t12-,15-/m1/s1. The molecule has 1 aliphatic carbocycles. The summed E-state index contributed by atoms with van der Waals surface area (Å²) in [5.41, 5.74) is 0.963. The van der Waals surface area contributed by atoms with Crippen molar-refractivity contribution in [1.82, 2.24) is 10.3 Å². The first-order valence-corrected chi connectivity index (χ1v) is 8.24. The number of halogens is 1. The molecule has 2 atom stereocenters. The summed E-state index contributed by atoms with van der Waals surface area (Å²) >= 11 is 6.23. The van der Waals surface area contributed by atoms with Crippen molar-refractivity contribution in [1.29, 1.82) is 0 Å². The number of nitrogens with zero attached hydrogens (tertiary/aromatic N) is 2. The summed E-state index contributed by atoms with van der Waals surface area (Å²) in [5, 5.41) is 3.91. The van der Waals surface area contributed by atoms with Crippen LogP contribution in [-0.4, -0.2) is 24.6 Å². The third-order valence-electron chi connectivity index (χ3n) is 4.79. The SMILES string of the molecule is CNCc1nc(N2CCC[C@H]3CCCC[C@H]32)ccc1Cl. The molecule has 1 aliphatic heterocycles. The molecule has 1 aromatic heterocycles. The summed E-state index contributed by atoms with van der Waals surface area (Å²) in [4.78, 5) is 7.35. The smallest absolute Gasteiger partial charge is 0.129 e. The number of pyridine rings is 1. The van der Waals surface area contributed by atoms with E-state index in [9.17, 15) is 0 Å². The number of hydrogen-bond acceptors (Lipinski definition) is 3. The van der Waals surface area contributed by atoms with Gasteiger partial charge in [0, 0.05) is 19.1 Å². The zero-order valence-electron chi connectivity index (χ0n) is 12.2. The molecule has 0 amide bonds. The van der Waals surface area contributed by atoms with Gasteiger partial charge in [0.05, 0.1) is 10.7 Å². The first kappa shape index (κ1) is 14.2. The Balaban J connectivity index is 1.85. The summed E-state index contributed by atoms with van der Waals surface area (Å²) in [6.07, 6.45) is 8.21. The molecule has 3 rings (SSSR count). The number of piperidine rings is 1. The maximum atomic E-state index is 6.23. The van der Waals surface area contributed by atoms with Crippen LogP contribution in [0.3, 0.4) is 0 Å². The van der Waals surface area contributed by atoms with Crippen LogP contribution in [0.15, 0.2) is 12.1 Å². The van der Waals surface area contributed by atoms with E-state index in [1.165, 1.54) is 38.5 Å². The zero-order valence-corrected chi connectivity index (χ0v) is 13.0. The van der Waals surface area contributed by atoms with Gasteiger partial charge in [-0.15, -0.1) is 0 Å². The van der Waals surface area contributed by atoms with Gasteiger partial charge in [-0.25, -0.2) is 4.98 Å². The predicted octanol–water partition coefficient (Wildman–Crippen LogP) is 3.61. The monoisotopic (exact) mass is 293 g/mol. The maximum absolute atomic E-state index is 6.23. The van der Waals surface area contributed by atoms with Crippen LogP contribution in [0.2, 0.25) is 5.02 Å². The van der Waals surface area contributed by atoms with Gasteiger partial charge >= 0.3 is 0 Å². The van der Waals surface area contributed by atoms with Gasteiger partial charge in [0.1, 0.15) is 5.82 Å². The molecule has 2 aliphatic rings. The average Bonchev–Trinajstić information content (AvgIpc) is 2.49. The molecule has 4 heteroatoms. The van der Waals surface area contributed by atoms with Crippen LogP contribution >= 0.6 is 11.6 Å². The van der Waals surface area contributed by atoms with Crippen molar-refractivity contribution >= 4 is 17.4 Å². The van der Waals surface area contributed by atoms with Gasteiger partial charge in [-0.1, -0.05) is 24.4 Å². The lowest BCUT2D eigenvalue weighted by molar-refractivity contribution is 0.242. The van der Waals surface area contributed by atoms with E-state index in [2.05, 4.69) is 16.3 Å². The fourth-order valence-corrected chi connectivity index (χ4v) is 4.01. The second kappa shape index (κ2) is 6.31. The Kier molecular flexibility index (Phi) is 4.47. The number of nitrogens with one attached hydrogen (secondary N) is 1. The fourth-order valence-electron chi connectivity index (χ4n) is 3.83. The summed E-state index contributed by atoms with van der Waals surface area (Å²) < 4.78 is 0. The van der Waals surface area contributed by atoms with Gasteiger partial charge in [-0.2, -0.15) is 0 Å². The van der Waals surface area contributed by atoms with E-state index in [0.29, 0.717) is 6.04 Å². The largest absolute Gasteiger partial charge is 0.353 e. The van der Waals surface area contributed by atoms with Crippen molar-refractivity contribution in [3.63, 3.8) is 0 Å². The lowest BCUT2D eigenvalue weighted by Crippen LogP contribution is -2.47. The number of fused-ring (bicyclic) bond motifs is 1. The molecular weight excluding hydrogens is 270 g/mol. The predicted molar refractivity (Wildman–Crippen MR) is 84.3 cm³/mol. The van der Waals surface area contributed by atoms with E-state index in [1.54, 1.807) is 0 Å². The van der Waals surface area contributed by atoms with Crippen molar-refractivity contribution in [3.05, 3.63) is 22.8 Å². The molecule has 0 spiro atoms. The van der Waals surface area contributed by atoms with E-state index in [-0.39, 0.29) is 0 Å². The molecule has 1 N–H and O–H groups in total. The van der Waals surface area contributed by atoms with Gasteiger partial charge in [0.2, 0.25) is 0 Å². The minimum absolute atomic E-state index is 0.702. The molecule has 2 heterocycles. The van der Waals surface area contributed by atoms with Crippen LogP contribution in [0.5, 0.6) is 0 Å². The van der Waals surface area contributed by atoms with Crippen LogP contribution in [0, 0.1) is 5.92 Å². The second-order valence-electron chi connectivity index (χ2n) is 6.08. The van der Waals surface area contributed by atoms with E-state index in [1.807, 2.05) is 13.1 Å². The van der Waals surface area contributed by atoms with E-state index < -0.39 is 0 Å². The molecule has 1 saturated carbocycles. The lowest BCUT2D eigenvalue weighted by atomic mass is 9.78. The average molecular weight is 294 g/mol. The molecule has 0 unspecified atom stereocenters. The van der Waals surface area contributed by atoms with Crippen molar-refractivity contribution in [2.24, 2.45) is 5.92 Å². The first-order valence-electron chi connectivity index (χ1n) is 7.86. The van der Waals surface area contributed by atoms with Gasteiger partial charge in [-0.05, 0) is 50.8 Å². The van der Waals surface area contributed by atoms with Crippen molar-refractivity contribution in [2.75, 3.05) is 18.5 Å². The Bertz CT molecular complexity index is 461. The topological polar surface area (TPSA) is 28.2 Å². The number of anilines is 1. The quantitative estimate of drug-likeness (QED) is 0.923. The molecule has 0 radical (unpaired) electrons. The van der Waals surface area contributed by atoms with Crippen LogP contribution in [-0.2, 0) is 6.54 Å². The number of aromatic nitrogens is 1. The highest BCUT2D eigenvalue weighted by molar-refractivity contribution is 6.31. The molecule has 1 aromatic rings. The molecule has 3 nitrogen and oxygen atoms in total. The molecular formula is C16H24ClN3. The molecule has 0 bridgehead atoms. The number of rotatable bonds is 3. The molecule has 20 heavy (non-hydrogen) atoms. The van der Waals surface area contributed by atoms with E-state index in [0.717, 1.165) is 35.5 Å². The van der Waals surface area contributed by atoms with Crippen LogP contribution in [0.4, 0.5) is 5.82 Å². The highest BCUT2D eigenvalue weighted by atomic mass is 35.5. The van der Waals surface area contributed by atoms with E-state index in [4.69, 9.17) is 16.6 Å². The zero-order chi connectivity index (χ0) is 13.9. The van der Waals surface area contributed by atoms with Gasteiger partial charge in [-0.3, -0.25) is 0 Å². The number of hydrogen-bond donors (Lipinski definition) is 1. The van der Waals surface area contributed by atoms with E-state index >= 15 is 0 Å². The summed E-state index contributed by atoms with van der Waals surface area (Å²) in [5.74, 6) is 2.00. The van der Waals surface area contributed by atoms with Gasteiger partial charge < -0.3 is 10.2 Å². The van der Waals surface area contributed by atoms with Crippen molar-refractivity contribution in [2.45, 2.75) is 51.1 Å². The highest BCUT2D eigenvalue weighted by Crippen LogP contribution is 2.37. The maximum Gasteiger partial charge on any atom is 0.129 e. The summed E-state index contributed by atoms with van der Waals surface area (Å²) in [7, 11) is 1.93. The Labute approximate surface area is 126 Å². The van der Waals surface area contributed by atoms with Crippen LogP contribution < -0.4 is 10.2 Å². The Morgan fingerprint density at radius 2 is 2.05 bits per heavy atom. The summed E-state index contributed by atoms with van der Waals surface area (Å²) in [6, 6.07) is 4.80. The van der Waals surface area contributed by atoms with Crippen LogP contribution in [0.25, 0.3) is 0 Å². The Morgan fingerprint density at radius 1 is 1.25 bits per heavy atom. The first-order chi connectivity index (χ1) is 9.79. The normalized spacial score (nSPS) is 26.4. The Hall–Kier alpha value is -0.800.